The van der Waals surface area contributed by atoms with Gasteiger partial charge in [0, 0.05) is 25.8 Å². The van der Waals surface area contributed by atoms with Gasteiger partial charge in [0.25, 0.3) is 0 Å². The molecule has 1 rings (SSSR count). The van der Waals surface area contributed by atoms with Crippen molar-refractivity contribution in [2.45, 2.75) is 13.8 Å². The lowest BCUT2D eigenvalue weighted by Crippen LogP contribution is -2.37. The van der Waals surface area contributed by atoms with Crippen molar-refractivity contribution in [3.63, 3.8) is 0 Å². The fourth-order valence-corrected chi connectivity index (χ4v) is 1.95. The summed E-state index contributed by atoms with van der Waals surface area (Å²) in [6.45, 7) is 6.65. The van der Waals surface area contributed by atoms with E-state index >= 15 is 0 Å². The maximum atomic E-state index is 3.24. The molecule has 0 atom stereocenters. The van der Waals surface area contributed by atoms with E-state index in [4.69, 9.17) is 0 Å². The van der Waals surface area contributed by atoms with Gasteiger partial charge in [0.1, 0.15) is 0 Å². The van der Waals surface area contributed by atoms with Crippen LogP contribution in [-0.2, 0) is 0 Å². The van der Waals surface area contributed by atoms with Crippen LogP contribution < -0.4 is 10.2 Å². The van der Waals surface area contributed by atoms with Crippen LogP contribution in [0.3, 0.4) is 0 Å². The monoisotopic (exact) mass is 206 g/mol. The quantitative estimate of drug-likeness (QED) is 0.795. The Labute approximate surface area is 93.3 Å². The normalized spacial score (nSPS) is 11.5. The summed E-state index contributed by atoms with van der Waals surface area (Å²) in [5, 5.41) is 3.24. The number of hydrogen-bond acceptors (Lipinski definition) is 2. The van der Waals surface area contributed by atoms with Crippen LogP contribution in [0.2, 0.25) is 0 Å². The number of benzene rings is 1. The van der Waals surface area contributed by atoms with Crippen molar-refractivity contribution in [3.05, 3.63) is 30.3 Å². The van der Waals surface area contributed by atoms with Crippen molar-refractivity contribution in [1.82, 2.24) is 5.32 Å². The molecule has 1 aromatic rings. The average molecular weight is 206 g/mol. The Bertz CT molecular complexity index is 280. The van der Waals surface area contributed by atoms with Crippen LogP contribution in [0.15, 0.2) is 30.3 Å². The first-order valence-electron chi connectivity index (χ1n) is 5.46. The van der Waals surface area contributed by atoms with E-state index in [9.17, 15) is 0 Å². The molecule has 0 saturated carbocycles. The molecule has 0 aromatic heterocycles. The highest BCUT2D eigenvalue weighted by molar-refractivity contribution is 5.45. The summed E-state index contributed by atoms with van der Waals surface area (Å²) in [4.78, 5) is 2.30. The SMILES string of the molecule is CNCC(C)(C)CN(C)c1ccccc1. The third-order valence-electron chi connectivity index (χ3n) is 2.52. The Morgan fingerprint density at radius 3 is 2.33 bits per heavy atom. The van der Waals surface area contributed by atoms with Gasteiger partial charge in [0.05, 0.1) is 0 Å². The van der Waals surface area contributed by atoms with Gasteiger partial charge in [0.15, 0.2) is 0 Å². The summed E-state index contributed by atoms with van der Waals surface area (Å²) in [6.07, 6.45) is 0. The molecular formula is C13H22N2. The highest BCUT2D eigenvalue weighted by Crippen LogP contribution is 2.19. The molecular weight excluding hydrogens is 184 g/mol. The number of nitrogens with one attached hydrogen (secondary N) is 1. The van der Waals surface area contributed by atoms with Gasteiger partial charge in [-0.3, -0.25) is 0 Å². The van der Waals surface area contributed by atoms with E-state index in [1.807, 2.05) is 7.05 Å². The maximum absolute atomic E-state index is 3.24. The predicted octanol–water partition coefficient (Wildman–Crippen LogP) is 2.37. The molecule has 2 heteroatoms. The van der Waals surface area contributed by atoms with Gasteiger partial charge in [-0.25, -0.2) is 0 Å². The maximum Gasteiger partial charge on any atom is 0.0363 e. The number of rotatable bonds is 5. The summed E-state index contributed by atoms with van der Waals surface area (Å²) in [5.74, 6) is 0. The zero-order valence-electron chi connectivity index (χ0n) is 10.2. The van der Waals surface area contributed by atoms with Crippen LogP contribution in [0, 0.1) is 5.41 Å². The summed E-state index contributed by atoms with van der Waals surface area (Å²) in [7, 11) is 4.15. The zero-order chi connectivity index (χ0) is 11.3. The Kier molecular flexibility index (Phi) is 4.15. The minimum atomic E-state index is 0.291. The minimum Gasteiger partial charge on any atom is -0.374 e. The van der Waals surface area contributed by atoms with Crippen LogP contribution in [0.25, 0.3) is 0 Å². The molecule has 1 N–H and O–H groups in total. The second-order valence-electron chi connectivity index (χ2n) is 4.89. The van der Waals surface area contributed by atoms with Gasteiger partial charge in [-0.05, 0) is 24.6 Å². The third-order valence-corrected chi connectivity index (χ3v) is 2.52. The number of anilines is 1. The molecule has 0 amide bonds. The van der Waals surface area contributed by atoms with Crippen LogP contribution >= 0.6 is 0 Å². The lowest BCUT2D eigenvalue weighted by molar-refractivity contribution is 0.358. The molecule has 0 radical (unpaired) electrons. The van der Waals surface area contributed by atoms with Gasteiger partial charge in [0.2, 0.25) is 0 Å². The molecule has 0 heterocycles. The smallest absolute Gasteiger partial charge is 0.0363 e. The predicted molar refractivity (Wildman–Crippen MR) is 67.4 cm³/mol. The van der Waals surface area contributed by atoms with Crippen molar-refractivity contribution < 1.29 is 0 Å². The number of nitrogens with zero attached hydrogens (tertiary/aromatic N) is 1. The van der Waals surface area contributed by atoms with Gasteiger partial charge in [-0.15, -0.1) is 0 Å². The highest BCUT2D eigenvalue weighted by atomic mass is 15.1. The van der Waals surface area contributed by atoms with Crippen molar-refractivity contribution in [3.8, 4) is 0 Å². The van der Waals surface area contributed by atoms with Crippen molar-refractivity contribution in [1.29, 1.82) is 0 Å². The molecule has 2 nitrogen and oxygen atoms in total. The lowest BCUT2D eigenvalue weighted by atomic mass is 9.92. The Morgan fingerprint density at radius 1 is 1.20 bits per heavy atom. The first-order chi connectivity index (χ1) is 7.05. The van der Waals surface area contributed by atoms with Gasteiger partial charge < -0.3 is 10.2 Å². The number of para-hydroxylation sites is 1. The number of hydrogen-bond donors (Lipinski definition) is 1. The van der Waals surface area contributed by atoms with Crippen molar-refractivity contribution in [2.75, 3.05) is 32.1 Å². The average Bonchev–Trinajstić information content (AvgIpc) is 2.18. The second kappa shape index (κ2) is 5.17. The second-order valence-corrected chi connectivity index (χ2v) is 4.89. The Morgan fingerprint density at radius 2 is 1.80 bits per heavy atom. The Balaban J connectivity index is 2.59. The molecule has 0 fully saturated rings. The van der Waals surface area contributed by atoms with E-state index in [1.54, 1.807) is 0 Å². The summed E-state index contributed by atoms with van der Waals surface area (Å²) < 4.78 is 0. The molecule has 0 spiro atoms. The largest absolute Gasteiger partial charge is 0.374 e. The Hall–Kier alpha value is -1.02. The fourth-order valence-electron chi connectivity index (χ4n) is 1.95. The minimum absolute atomic E-state index is 0.291. The van der Waals surface area contributed by atoms with Gasteiger partial charge >= 0.3 is 0 Å². The van der Waals surface area contributed by atoms with Crippen LogP contribution in [0.4, 0.5) is 5.69 Å². The first-order valence-corrected chi connectivity index (χ1v) is 5.46. The first kappa shape index (κ1) is 12.1. The summed E-state index contributed by atoms with van der Waals surface area (Å²) >= 11 is 0. The van der Waals surface area contributed by atoms with E-state index in [0.717, 1.165) is 13.1 Å². The standard InChI is InChI=1S/C13H22N2/c1-13(2,10-14-3)11-15(4)12-8-6-5-7-9-12/h5-9,14H,10-11H2,1-4H3. The molecule has 0 unspecified atom stereocenters. The lowest BCUT2D eigenvalue weighted by Gasteiger charge is -2.31. The van der Waals surface area contributed by atoms with Crippen molar-refractivity contribution >= 4 is 5.69 Å². The molecule has 0 aliphatic rings. The van der Waals surface area contributed by atoms with Crippen LogP contribution in [-0.4, -0.2) is 27.2 Å². The highest BCUT2D eigenvalue weighted by Gasteiger charge is 2.19. The zero-order valence-corrected chi connectivity index (χ0v) is 10.2. The van der Waals surface area contributed by atoms with Crippen LogP contribution in [0.5, 0.6) is 0 Å². The fraction of sp³-hybridized carbons (Fsp3) is 0.538. The molecule has 84 valence electrons. The molecule has 1 aromatic carbocycles. The van der Waals surface area contributed by atoms with Crippen molar-refractivity contribution in [2.24, 2.45) is 5.41 Å². The van der Waals surface area contributed by atoms with E-state index in [2.05, 4.69) is 61.4 Å². The molecule has 15 heavy (non-hydrogen) atoms. The molecule has 0 bridgehead atoms. The summed E-state index contributed by atoms with van der Waals surface area (Å²) in [6, 6.07) is 10.5. The third kappa shape index (κ3) is 3.92. The van der Waals surface area contributed by atoms with Crippen LogP contribution in [0.1, 0.15) is 13.8 Å². The molecule has 0 aliphatic carbocycles. The van der Waals surface area contributed by atoms with E-state index in [-0.39, 0.29) is 0 Å². The molecule has 0 saturated heterocycles. The van der Waals surface area contributed by atoms with Gasteiger partial charge in [-0.1, -0.05) is 32.0 Å². The van der Waals surface area contributed by atoms with E-state index in [1.165, 1.54) is 5.69 Å². The van der Waals surface area contributed by atoms with E-state index in [0.29, 0.717) is 5.41 Å². The van der Waals surface area contributed by atoms with Gasteiger partial charge in [-0.2, -0.15) is 0 Å². The van der Waals surface area contributed by atoms with E-state index < -0.39 is 0 Å². The molecule has 0 aliphatic heterocycles. The summed E-state index contributed by atoms with van der Waals surface area (Å²) in [5.41, 5.74) is 1.57. The topological polar surface area (TPSA) is 15.3 Å².